The van der Waals surface area contributed by atoms with Crippen LogP contribution < -0.4 is 11.1 Å². The van der Waals surface area contributed by atoms with Crippen LogP contribution in [0.5, 0.6) is 0 Å². The van der Waals surface area contributed by atoms with Gasteiger partial charge in [0.15, 0.2) is 5.69 Å². The first-order valence-corrected chi connectivity index (χ1v) is 7.47. The van der Waals surface area contributed by atoms with E-state index in [4.69, 9.17) is 5.73 Å². The topological polar surface area (TPSA) is 87.0 Å². The second-order valence-electron chi connectivity index (χ2n) is 6.10. The van der Waals surface area contributed by atoms with Crippen LogP contribution in [0.2, 0.25) is 0 Å². The van der Waals surface area contributed by atoms with Crippen LogP contribution in [0.25, 0.3) is 10.9 Å². The number of piperidine rings is 3. The number of hydrogen-bond donors (Lipinski definition) is 3. The Morgan fingerprint density at radius 2 is 2.19 bits per heavy atom. The minimum absolute atomic E-state index is 0.0928. The second-order valence-corrected chi connectivity index (χ2v) is 6.10. The molecule has 3 aliphatic heterocycles. The van der Waals surface area contributed by atoms with Gasteiger partial charge in [0.2, 0.25) is 0 Å². The fourth-order valence-electron chi connectivity index (χ4n) is 3.58. The monoisotopic (exact) mass is 285 g/mol. The molecule has 4 N–H and O–H groups in total. The number of nitrogens with zero attached hydrogens (tertiary/aromatic N) is 2. The van der Waals surface area contributed by atoms with Crippen molar-refractivity contribution in [2.24, 2.45) is 5.92 Å². The number of rotatable bonds is 2. The number of nitrogen functional groups attached to an aromatic ring is 1. The summed E-state index contributed by atoms with van der Waals surface area (Å²) in [6, 6.07) is 5.69. The van der Waals surface area contributed by atoms with Crippen molar-refractivity contribution in [1.82, 2.24) is 20.4 Å². The van der Waals surface area contributed by atoms with Crippen molar-refractivity contribution in [3.63, 3.8) is 0 Å². The van der Waals surface area contributed by atoms with Crippen molar-refractivity contribution in [2.45, 2.75) is 18.9 Å². The molecular weight excluding hydrogens is 266 g/mol. The molecule has 1 aromatic carbocycles. The van der Waals surface area contributed by atoms with Crippen LogP contribution >= 0.6 is 0 Å². The Morgan fingerprint density at radius 3 is 2.90 bits per heavy atom. The first-order valence-electron chi connectivity index (χ1n) is 7.47. The van der Waals surface area contributed by atoms with Crippen molar-refractivity contribution in [1.29, 1.82) is 0 Å². The van der Waals surface area contributed by atoms with Crippen molar-refractivity contribution in [3.05, 3.63) is 23.9 Å². The lowest BCUT2D eigenvalue weighted by Gasteiger charge is -2.44. The normalized spacial score (nSPS) is 27.9. The molecule has 110 valence electrons. The molecule has 3 saturated heterocycles. The molecule has 0 saturated carbocycles. The van der Waals surface area contributed by atoms with E-state index in [2.05, 4.69) is 20.4 Å². The number of aromatic nitrogens is 2. The third-order valence-corrected chi connectivity index (χ3v) is 4.77. The molecule has 6 nitrogen and oxygen atoms in total. The Morgan fingerprint density at radius 1 is 1.38 bits per heavy atom. The number of anilines is 1. The highest BCUT2D eigenvalue weighted by Gasteiger charge is 2.35. The van der Waals surface area contributed by atoms with E-state index in [0.717, 1.165) is 17.4 Å². The van der Waals surface area contributed by atoms with E-state index in [1.165, 1.54) is 25.9 Å². The van der Waals surface area contributed by atoms with E-state index in [1.807, 2.05) is 6.07 Å². The van der Waals surface area contributed by atoms with E-state index in [-0.39, 0.29) is 11.9 Å². The lowest BCUT2D eigenvalue weighted by Crippen LogP contribution is -2.57. The minimum atomic E-state index is -0.0928. The number of nitrogens with two attached hydrogens (primary N) is 1. The molecule has 0 radical (unpaired) electrons. The minimum Gasteiger partial charge on any atom is -0.399 e. The van der Waals surface area contributed by atoms with Crippen LogP contribution in [0.15, 0.2) is 18.2 Å². The van der Waals surface area contributed by atoms with Gasteiger partial charge in [-0.3, -0.25) is 9.89 Å². The Hall–Kier alpha value is -2.08. The third kappa shape index (κ3) is 2.15. The van der Waals surface area contributed by atoms with E-state index < -0.39 is 0 Å². The van der Waals surface area contributed by atoms with Crippen LogP contribution in [0, 0.1) is 5.92 Å². The Labute approximate surface area is 122 Å². The molecule has 0 aliphatic carbocycles. The van der Waals surface area contributed by atoms with Gasteiger partial charge in [0.1, 0.15) is 0 Å². The van der Waals surface area contributed by atoms with E-state index in [1.54, 1.807) is 12.1 Å². The van der Waals surface area contributed by atoms with Crippen LogP contribution in [0.4, 0.5) is 5.69 Å². The zero-order valence-corrected chi connectivity index (χ0v) is 11.8. The van der Waals surface area contributed by atoms with Crippen LogP contribution in [-0.4, -0.2) is 46.7 Å². The van der Waals surface area contributed by atoms with Crippen LogP contribution in [0.1, 0.15) is 23.3 Å². The highest BCUT2D eigenvalue weighted by molar-refractivity contribution is 6.05. The average molecular weight is 285 g/mol. The number of aromatic amines is 1. The fraction of sp³-hybridized carbons (Fsp3) is 0.467. The first-order chi connectivity index (χ1) is 10.2. The smallest absolute Gasteiger partial charge is 0.272 e. The summed E-state index contributed by atoms with van der Waals surface area (Å²) in [4.78, 5) is 14.9. The average Bonchev–Trinajstić information content (AvgIpc) is 2.91. The van der Waals surface area contributed by atoms with Crippen LogP contribution in [-0.2, 0) is 0 Å². The Balaban J connectivity index is 1.56. The first kappa shape index (κ1) is 12.6. The molecule has 0 unspecified atom stereocenters. The third-order valence-electron chi connectivity index (χ3n) is 4.77. The van der Waals surface area contributed by atoms with Gasteiger partial charge >= 0.3 is 0 Å². The van der Waals surface area contributed by atoms with Crippen molar-refractivity contribution in [2.75, 3.05) is 25.4 Å². The molecule has 3 aliphatic rings. The summed E-state index contributed by atoms with van der Waals surface area (Å²) in [5, 5.41) is 11.0. The summed E-state index contributed by atoms with van der Waals surface area (Å²) in [5.74, 6) is 0.518. The molecular formula is C15H19N5O. The molecule has 5 rings (SSSR count). The molecule has 21 heavy (non-hydrogen) atoms. The summed E-state index contributed by atoms with van der Waals surface area (Å²) in [5.41, 5.74) is 7.67. The maximum atomic E-state index is 12.5. The van der Waals surface area contributed by atoms with Gasteiger partial charge in [-0.1, -0.05) is 0 Å². The molecule has 1 aromatic heterocycles. The maximum absolute atomic E-state index is 12.5. The lowest BCUT2D eigenvalue weighted by molar-refractivity contribution is 0.0618. The predicted octanol–water partition coefficient (Wildman–Crippen LogP) is 0.969. The molecule has 3 fully saturated rings. The second kappa shape index (κ2) is 4.73. The Kier molecular flexibility index (Phi) is 2.85. The SMILES string of the molecule is Nc1ccc2c(C(=O)N[C@H]3CN4CCC3CC4)n[nH]c2c1. The van der Waals surface area contributed by atoms with Gasteiger partial charge in [-0.2, -0.15) is 5.10 Å². The van der Waals surface area contributed by atoms with E-state index >= 15 is 0 Å². The van der Waals surface area contributed by atoms with Crippen LogP contribution in [0.3, 0.4) is 0 Å². The van der Waals surface area contributed by atoms with E-state index in [0.29, 0.717) is 17.3 Å². The molecule has 6 heteroatoms. The zero-order chi connectivity index (χ0) is 14.4. The van der Waals surface area contributed by atoms with Gasteiger partial charge in [0.05, 0.1) is 5.52 Å². The van der Waals surface area contributed by atoms with Crippen molar-refractivity contribution in [3.8, 4) is 0 Å². The number of fused-ring (bicyclic) bond motifs is 4. The highest BCUT2D eigenvalue weighted by Crippen LogP contribution is 2.28. The molecule has 2 bridgehead atoms. The van der Waals surface area contributed by atoms with Gasteiger partial charge in [-0.05, 0) is 50.0 Å². The summed E-state index contributed by atoms with van der Waals surface area (Å²) in [7, 11) is 0. The predicted molar refractivity (Wildman–Crippen MR) is 80.9 cm³/mol. The van der Waals surface area contributed by atoms with Crippen molar-refractivity contribution < 1.29 is 4.79 Å². The number of H-pyrrole nitrogens is 1. The summed E-state index contributed by atoms with van der Waals surface area (Å²) in [6.07, 6.45) is 2.37. The standard InChI is InChI=1S/C15H19N5O/c16-10-1-2-11-12(7-10)18-19-14(11)15(21)17-13-8-20-5-3-9(13)4-6-20/h1-2,7,9,13H,3-6,8,16H2,(H,17,21)(H,18,19)/t13-/m0/s1. The highest BCUT2D eigenvalue weighted by atomic mass is 16.2. The summed E-state index contributed by atoms with van der Waals surface area (Å²) < 4.78 is 0. The molecule has 1 atom stereocenters. The van der Waals surface area contributed by atoms with Gasteiger partial charge in [0, 0.05) is 23.7 Å². The number of carbonyl (C=O) groups excluding carboxylic acids is 1. The Bertz CT molecular complexity index is 686. The summed E-state index contributed by atoms with van der Waals surface area (Å²) in [6.45, 7) is 3.30. The maximum Gasteiger partial charge on any atom is 0.272 e. The van der Waals surface area contributed by atoms with Gasteiger partial charge in [0.25, 0.3) is 5.91 Å². The molecule has 1 amide bonds. The largest absolute Gasteiger partial charge is 0.399 e. The number of nitrogens with one attached hydrogen (secondary N) is 2. The number of benzene rings is 1. The number of hydrogen-bond acceptors (Lipinski definition) is 4. The molecule has 2 aromatic rings. The van der Waals surface area contributed by atoms with Gasteiger partial charge < -0.3 is 16.0 Å². The lowest BCUT2D eigenvalue weighted by atomic mass is 9.84. The number of carbonyl (C=O) groups is 1. The molecule has 4 heterocycles. The van der Waals surface area contributed by atoms with Gasteiger partial charge in [-0.25, -0.2) is 0 Å². The van der Waals surface area contributed by atoms with E-state index in [9.17, 15) is 4.79 Å². The quantitative estimate of drug-likeness (QED) is 0.718. The van der Waals surface area contributed by atoms with Gasteiger partial charge in [-0.15, -0.1) is 0 Å². The summed E-state index contributed by atoms with van der Waals surface area (Å²) >= 11 is 0. The van der Waals surface area contributed by atoms with Crippen molar-refractivity contribution >= 4 is 22.5 Å². The fourth-order valence-corrected chi connectivity index (χ4v) is 3.58. The molecule has 0 spiro atoms. The zero-order valence-electron chi connectivity index (χ0n) is 11.8. The number of amides is 1.